The van der Waals surface area contributed by atoms with Crippen LogP contribution in [0.5, 0.6) is 0 Å². The van der Waals surface area contributed by atoms with Gasteiger partial charge in [-0.3, -0.25) is 14.4 Å². The summed E-state index contributed by atoms with van der Waals surface area (Å²) in [6.07, 6.45) is -8.12. The fourth-order valence-electron chi connectivity index (χ4n) is 1.86. The second kappa shape index (κ2) is 7.32. The maximum absolute atomic E-state index is 14.3. The van der Waals surface area contributed by atoms with Gasteiger partial charge in [-0.2, -0.15) is 0 Å². The Balaban J connectivity index is 2.86. The normalized spacial score (nSPS) is 32.1. The van der Waals surface area contributed by atoms with E-state index < -0.39 is 55.3 Å². The molecule has 1 N–H and O–H groups in total. The van der Waals surface area contributed by atoms with Crippen LogP contribution in [0.25, 0.3) is 0 Å². The van der Waals surface area contributed by atoms with Gasteiger partial charge in [-0.05, 0) is 0 Å². The number of esters is 3. The van der Waals surface area contributed by atoms with E-state index in [1.54, 1.807) is 0 Å². The van der Waals surface area contributed by atoms with Crippen LogP contribution in [-0.2, 0) is 33.3 Å². The van der Waals surface area contributed by atoms with Crippen LogP contribution in [0.15, 0.2) is 0 Å². The van der Waals surface area contributed by atoms with Crippen LogP contribution in [0.1, 0.15) is 20.8 Å². The molecule has 1 saturated heterocycles. The van der Waals surface area contributed by atoms with E-state index in [4.69, 9.17) is 9.47 Å². The average Bonchev–Trinajstić information content (AvgIpc) is 2.35. The van der Waals surface area contributed by atoms with Gasteiger partial charge in [0.25, 0.3) is 0 Å². The Labute approximate surface area is 120 Å². The number of carbonyl (C=O) groups excluding carboxylic acids is 3. The standard InChI is InChI=1S/C12H17FO8/c1-5(14)18-4-8-10(19-6(2)15)9(13)11(12(17)21-8)20-7(3)16/h8-12,17H,4H2,1-3H3/t8-,9+,10-,11-,12-/m1/s1. The van der Waals surface area contributed by atoms with Crippen LogP contribution >= 0.6 is 0 Å². The molecule has 1 heterocycles. The molecule has 1 aliphatic heterocycles. The number of ether oxygens (including phenoxy) is 4. The number of carbonyl (C=O) groups is 3. The lowest BCUT2D eigenvalue weighted by atomic mass is 10.00. The van der Waals surface area contributed by atoms with E-state index in [1.165, 1.54) is 0 Å². The molecule has 1 fully saturated rings. The van der Waals surface area contributed by atoms with Gasteiger partial charge in [0.05, 0.1) is 0 Å². The highest BCUT2D eigenvalue weighted by molar-refractivity contribution is 5.67. The van der Waals surface area contributed by atoms with E-state index in [2.05, 4.69) is 9.47 Å². The summed E-state index contributed by atoms with van der Waals surface area (Å²) in [5.41, 5.74) is 0. The minimum absolute atomic E-state index is 0.419. The zero-order chi connectivity index (χ0) is 16.2. The molecular weight excluding hydrogens is 291 g/mol. The number of halogens is 1. The highest BCUT2D eigenvalue weighted by atomic mass is 19.1. The second-order valence-corrected chi connectivity index (χ2v) is 4.46. The molecule has 8 nitrogen and oxygen atoms in total. The summed E-state index contributed by atoms with van der Waals surface area (Å²) >= 11 is 0. The number of alkyl halides is 1. The fraction of sp³-hybridized carbons (Fsp3) is 0.750. The minimum Gasteiger partial charge on any atom is -0.463 e. The van der Waals surface area contributed by atoms with E-state index in [0.29, 0.717) is 0 Å². The topological polar surface area (TPSA) is 108 Å². The van der Waals surface area contributed by atoms with Gasteiger partial charge in [0, 0.05) is 20.8 Å². The van der Waals surface area contributed by atoms with Gasteiger partial charge in [0.1, 0.15) is 12.7 Å². The predicted octanol–water partition coefficient (Wildman–Crippen LogP) is -0.532. The quantitative estimate of drug-likeness (QED) is 0.545. The lowest BCUT2D eigenvalue weighted by molar-refractivity contribution is -0.283. The molecule has 1 rings (SSSR count). The van der Waals surface area contributed by atoms with Crippen LogP contribution in [0.2, 0.25) is 0 Å². The molecule has 5 atom stereocenters. The smallest absolute Gasteiger partial charge is 0.303 e. The summed E-state index contributed by atoms with van der Waals surface area (Å²) < 4.78 is 33.4. The molecule has 0 aromatic carbocycles. The van der Waals surface area contributed by atoms with E-state index in [1.807, 2.05) is 0 Å². The Hall–Kier alpha value is -1.74. The van der Waals surface area contributed by atoms with Gasteiger partial charge < -0.3 is 24.1 Å². The lowest BCUT2D eigenvalue weighted by Crippen LogP contribution is -2.59. The monoisotopic (exact) mass is 308 g/mol. The number of hydrogen-bond donors (Lipinski definition) is 1. The van der Waals surface area contributed by atoms with Crippen LogP contribution in [0.4, 0.5) is 4.39 Å². The van der Waals surface area contributed by atoms with Crippen molar-refractivity contribution in [1.82, 2.24) is 0 Å². The Morgan fingerprint density at radius 1 is 1.05 bits per heavy atom. The Kier molecular flexibility index (Phi) is 6.03. The Bertz CT molecular complexity index is 410. The lowest BCUT2D eigenvalue weighted by Gasteiger charge is -2.39. The molecule has 0 radical (unpaired) electrons. The highest BCUT2D eigenvalue weighted by Gasteiger charge is 2.50. The van der Waals surface area contributed by atoms with Crippen molar-refractivity contribution < 1.29 is 42.8 Å². The third-order valence-corrected chi connectivity index (χ3v) is 2.64. The summed E-state index contributed by atoms with van der Waals surface area (Å²) in [4.78, 5) is 32.7. The molecule has 120 valence electrons. The van der Waals surface area contributed by atoms with E-state index in [9.17, 15) is 23.9 Å². The molecule has 0 amide bonds. The van der Waals surface area contributed by atoms with Crippen molar-refractivity contribution in [2.75, 3.05) is 6.61 Å². The van der Waals surface area contributed by atoms with Gasteiger partial charge in [0.2, 0.25) is 0 Å². The molecule has 0 saturated carbocycles. The SMILES string of the molecule is CC(=O)OC[C@H]1O[C@@H](O)[C@H](OC(C)=O)[C@@H](F)[C@@H]1OC(C)=O. The molecule has 0 spiro atoms. The minimum atomic E-state index is -2.03. The number of hydrogen-bond acceptors (Lipinski definition) is 8. The number of aliphatic hydroxyl groups excluding tert-OH is 1. The summed E-state index contributed by atoms with van der Waals surface area (Å²) in [5.74, 6) is -2.27. The number of rotatable bonds is 4. The molecule has 1 aliphatic rings. The average molecular weight is 308 g/mol. The Morgan fingerprint density at radius 3 is 2.05 bits per heavy atom. The maximum Gasteiger partial charge on any atom is 0.303 e. The van der Waals surface area contributed by atoms with Gasteiger partial charge in [-0.1, -0.05) is 0 Å². The van der Waals surface area contributed by atoms with Crippen LogP contribution in [-0.4, -0.2) is 60.4 Å². The Morgan fingerprint density at radius 2 is 1.57 bits per heavy atom. The predicted molar refractivity (Wildman–Crippen MR) is 63.5 cm³/mol. The first kappa shape index (κ1) is 17.3. The summed E-state index contributed by atoms with van der Waals surface area (Å²) in [6.45, 7) is 2.80. The van der Waals surface area contributed by atoms with Crippen molar-refractivity contribution in [3.63, 3.8) is 0 Å². The van der Waals surface area contributed by atoms with E-state index in [-0.39, 0.29) is 0 Å². The third kappa shape index (κ3) is 4.94. The second-order valence-electron chi connectivity index (χ2n) is 4.46. The number of aliphatic hydroxyl groups is 1. The molecule has 0 unspecified atom stereocenters. The largest absolute Gasteiger partial charge is 0.463 e. The van der Waals surface area contributed by atoms with Gasteiger partial charge in [-0.15, -0.1) is 0 Å². The summed E-state index contributed by atoms with van der Waals surface area (Å²) in [7, 11) is 0. The van der Waals surface area contributed by atoms with Crippen LogP contribution in [0, 0.1) is 0 Å². The summed E-state index contributed by atoms with van der Waals surface area (Å²) in [6, 6.07) is 0. The van der Waals surface area contributed by atoms with E-state index in [0.717, 1.165) is 20.8 Å². The molecule has 21 heavy (non-hydrogen) atoms. The molecule has 0 aliphatic carbocycles. The first-order valence-electron chi connectivity index (χ1n) is 6.17. The molecular formula is C12H17FO8. The van der Waals surface area contributed by atoms with E-state index >= 15 is 0 Å². The van der Waals surface area contributed by atoms with Crippen molar-refractivity contribution in [1.29, 1.82) is 0 Å². The zero-order valence-corrected chi connectivity index (χ0v) is 11.8. The highest BCUT2D eigenvalue weighted by Crippen LogP contribution is 2.27. The summed E-state index contributed by atoms with van der Waals surface area (Å²) in [5, 5.41) is 9.66. The fourth-order valence-corrected chi connectivity index (χ4v) is 1.86. The van der Waals surface area contributed by atoms with Gasteiger partial charge in [0.15, 0.2) is 24.7 Å². The third-order valence-electron chi connectivity index (χ3n) is 2.64. The molecule has 0 bridgehead atoms. The molecule has 9 heteroatoms. The molecule has 0 aromatic rings. The van der Waals surface area contributed by atoms with Gasteiger partial charge in [-0.25, -0.2) is 4.39 Å². The van der Waals surface area contributed by atoms with Crippen molar-refractivity contribution in [3.05, 3.63) is 0 Å². The van der Waals surface area contributed by atoms with Crippen LogP contribution in [0.3, 0.4) is 0 Å². The van der Waals surface area contributed by atoms with Crippen LogP contribution < -0.4 is 0 Å². The first-order chi connectivity index (χ1) is 9.72. The first-order valence-corrected chi connectivity index (χ1v) is 6.17. The van der Waals surface area contributed by atoms with Gasteiger partial charge >= 0.3 is 17.9 Å². The molecule has 0 aromatic heterocycles. The maximum atomic E-state index is 14.3. The van der Waals surface area contributed by atoms with Crippen molar-refractivity contribution in [3.8, 4) is 0 Å². The van der Waals surface area contributed by atoms with Crippen molar-refractivity contribution in [2.45, 2.75) is 51.5 Å². The van der Waals surface area contributed by atoms with Crippen molar-refractivity contribution in [2.24, 2.45) is 0 Å². The zero-order valence-electron chi connectivity index (χ0n) is 11.8. The van der Waals surface area contributed by atoms with Crippen molar-refractivity contribution >= 4 is 17.9 Å².